The van der Waals surface area contributed by atoms with Crippen molar-refractivity contribution in [2.45, 2.75) is 51.1 Å². The molecule has 3 aromatic rings. The second kappa shape index (κ2) is 8.84. The van der Waals surface area contributed by atoms with Crippen molar-refractivity contribution < 1.29 is 4.74 Å². The lowest BCUT2D eigenvalue weighted by Gasteiger charge is -2.39. The van der Waals surface area contributed by atoms with Crippen LogP contribution in [0.25, 0.3) is 5.52 Å². The topological polar surface area (TPSA) is 84.5 Å². The van der Waals surface area contributed by atoms with Crippen LogP contribution in [0, 0.1) is 0 Å². The van der Waals surface area contributed by atoms with Crippen LogP contribution in [-0.4, -0.2) is 67.7 Å². The van der Waals surface area contributed by atoms with E-state index in [1.54, 1.807) is 10.9 Å². The smallest absolute Gasteiger partial charge is 0.247 e. The van der Waals surface area contributed by atoms with Crippen LogP contribution in [0.15, 0.2) is 24.7 Å². The van der Waals surface area contributed by atoms with Gasteiger partial charge in [-0.25, -0.2) is 4.52 Å². The highest BCUT2D eigenvalue weighted by atomic mass is 16.5. The summed E-state index contributed by atoms with van der Waals surface area (Å²) in [6.45, 7) is 6.06. The van der Waals surface area contributed by atoms with E-state index in [9.17, 15) is 0 Å². The fraction of sp³-hybridized carbons (Fsp3) is 0.591. The highest BCUT2D eigenvalue weighted by Gasteiger charge is 2.27. The third-order valence-electron chi connectivity index (χ3n) is 6.54. The number of hydrogen-bond acceptors (Lipinski definition) is 7. The van der Waals surface area contributed by atoms with Crippen molar-refractivity contribution in [2.75, 3.05) is 36.9 Å². The Kier molecular flexibility index (Phi) is 5.78. The highest BCUT2D eigenvalue weighted by Crippen LogP contribution is 2.29. The lowest BCUT2D eigenvalue weighted by atomic mass is 9.90. The summed E-state index contributed by atoms with van der Waals surface area (Å²) in [5.41, 5.74) is 3.22. The minimum atomic E-state index is 0.432. The lowest BCUT2D eigenvalue weighted by Crippen LogP contribution is -2.46. The molecule has 1 saturated heterocycles. The van der Waals surface area contributed by atoms with Gasteiger partial charge in [-0.1, -0.05) is 6.92 Å². The summed E-state index contributed by atoms with van der Waals surface area (Å²) in [4.78, 5) is 7.48. The first-order valence-corrected chi connectivity index (χ1v) is 11.4. The zero-order chi connectivity index (χ0) is 21.2. The van der Waals surface area contributed by atoms with Gasteiger partial charge in [-0.05, 0) is 43.7 Å². The molecule has 0 radical (unpaired) electrons. The van der Waals surface area contributed by atoms with Crippen LogP contribution in [-0.2, 0) is 18.2 Å². The molecule has 1 aliphatic carbocycles. The Morgan fingerprint density at radius 1 is 1.16 bits per heavy atom. The highest BCUT2D eigenvalue weighted by molar-refractivity contribution is 5.74. The van der Waals surface area contributed by atoms with Crippen LogP contribution in [0.3, 0.4) is 0 Å². The Bertz CT molecular complexity index is 1010. The molecule has 5 rings (SSSR count). The molecule has 0 spiro atoms. The number of nitrogens with zero attached hydrogens (tertiary/aromatic N) is 6. The maximum atomic E-state index is 5.52. The molecule has 166 valence electrons. The Morgan fingerprint density at radius 2 is 1.97 bits per heavy atom. The van der Waals surface area contributed by atoms with Crippen LogP contribution in [0.2, 0.25) is 0 Å². The van der Waals surface area contributed by atoms with E-state index in [0.717, 1.165) is 62.6 Å². The van der Waals surface area contributed by atoms with Crippen LogP contribution in [0.4, 0.5) is 17.5 Å². The van der Waals surface area contributed by atoms with Gasteiger partial charge in [-0.3, -0.25) is 9.58 Å². The van der Waals surface area contributed by atoms with E-state index < -0.39 is 0 Å². The first-order valence-electron chi connectivity index (χ1n) is 11.4. The molecule has 2 aliphatic rings. The predicted molar refractivity (Wildman–Crippen MR) is 121 cm³/mol. The second-order valence-corrected chi connectivity index (χ2v) is 8.60. The van der Waals surface area contributed by atoms with E-state index in [1.807, 2.05) is 24.0 Å². The fourth-order valence-electron chi connectivity index (χ4n) is 4.86. The number of hydrogen-bond donors (Lipinski definition) is 2. The van der Waals surface area contributed by atoms with Gasteiger partial charge in [0.15, 0.2) is 5.82 Å². The van der Waals surface area contributed by atoms with Gasteiger partial charge in [0.05, 0.1) is 25.1 Å². The van der Waals surface area contributed by atoms with Gasteiger partial charge in [0.25, 0.3) is 0 Å². The first kappa shape index (κ1) is 20.3. The number of aromatic nitrogens is 5. The number of fused-ring (bicyclic) bond motifs is 1. The van der Waals surface area contributed by atoms with E-state index in [2.05, 4.69) is 38.7 Å². The van der Waals surface area contributed by atoms with E-state index >= 15 is 0 Å². The molecule has 0 atom stereocenters. The molecule has 1 aliphatic heterocycles. The summed E-state index contributed by atoms with van der Waals surface area (Å²) in [6, 6.07) is 3.26. The minimum absolute atomic E-state index is 0.432. The van der Waals surface area contributed by atoms with Crippen molar-refractivity contribution in [3.63, 3.8) is 0 Å². The molecule has 4 heterocycles. The zero-order valence-corrected chi connectivity index (χ0v) is 18.4. The maximum Gasteiger partial charge on any atom is 0.247 e. The van der Waals surface area contributed by atoms with Crippen molar-refractivity contribution in [3.8, 4) is 0 Å². The second-order valence-electron chi connectivity index (χ2n) is 8.60. The molecular weight excluding hydrogens is 392 g/mol. The molecule has 9 nitrogen and oxygen atoms in total. The minimum Gasteiger partial charge on any atom is -0.379 e. The molecule has 0 aromatic carbocycles. The third kappa shape index (κ3) is 4.38. The fourth-order valence-corrected chi connectivity index (χ4v) is 4.86. The molecule has 2 N–H and O–H groups in total. The summed E-state index contributed by atoms with van der Waals surface area (Å²) in [5, 5.41) is 15.9. The molecular formula is C22H32N8O. The Hall–Kier alpha value is -2.65. The molecule has 9 heteroatoms. The standard InChI is InChI=1S/C22H32N8O/c1-3-16-8-9-30-20(16)21(26-22(27-30)25-18-14-23-28(2)15-18)24-17-4-6-19(7-5-17)29-10-12-31-13-11-29/h8-9,14-15,17,19H,3-7,10-13H2,1-2H3,(H2,24,25,26,27). The molecule has 31 heavy (non-hydrogen) atoms. The molecule has 0 amide bonds. The van der Waals surface area contributed by atoms with Gasteiger partial charge in [-0.15, -0.1) is 5.10 Å². The van der Waals surface area contributed by atoms with Crippen molar-refractivity contribution >= 4 is 23.0 Å². The normalized spacial score (nSPS) is 22.6. The number of rotatable bonds is 6. The van der Waals surface area contributed by atoms with Crippen LogP contribution in [0.1, 0.15) is 38.2 Å². The van der Waals surface area contributed by atoms with Crippen molar-refractivity contribution in [3.05, 3.63) is 30.2 Å². The van der Waals surface area contributed by atoms with Crippen LogP contribution < -0.4 is 10.6 Å². The SMILES string of the molecule is CCc1ccn2nc(Nc3cnn(C)c3)nc(NC3CCC(N4CCOCC4)CC3)c12. The summed E-state index contributed by atoms with van der Waals surface area (Å²) < 4.78 is 9.22. The average Bonchev–Trinajstić information content (AvgIpc) is 3.40. The van der Waals surface area contributed by atoms with Gasteiger partial charge >= 0.3 is 0 Å². The number of nitrogens with one attached hydrogen (secondary N) is 2. The van der Waals surface area contributed by atoms with E-state index in [-0.39, 0.29) is 0 Å². The maximum absolute atomic E-state index is 5.52. The van der Waals surface area contributed by atoms with Crippen molar-refractivity contribution in [1.29, 1.82) is 0 Å². The zero-order valence-electron chi connectivity index (χ0n) is 18.4. The molecule has 3 aromatic heterocycles. The Morgan fingerprint density at radius 3 is 2.68 bits per heavy atom. The van der Waals surface area contributed by atoms with Gasteiger partial charge in [0.1, 0.15) is 5.52 Å². The molecule has 0 bridgehead atoms. The van der Waals surface area contributed by atoms with Gasteiger partial charge in [-0.2, -0.15) is 10.1 Å². The Balaban J connectivity index is 1.33. The van der Waals surface area contributed by atoms with Crippen molar-refractivity contribution in [1.82, 2.24) is 29.3 Å². The number of aryl methyl sites for hydroxylation is 2. The van der Waals surface area contributed by atoms with E-state index in [0.29, 0.717) is 18.0 Å². The summed E-state index contributed by atoms with van der Waals surface area (Å²) in [6.07, 6.45) is 11.4. The van der Waals surface area contributed by atoms with Gasteiger partial charge in [0.2, 0.25) is 5.95 Å². The molecule has 2 fully saturated rings. The number of anilines is 3. The lowest BCUT2D eigenvalue weighted by molar-refractivity contribution is 0.00791. The first-order chi connectivity index (χ1) is 15.2. The van der Waals surface area contributed by atoms with E-state index in [4.69, 9.17) is 9.72 Å². The Labute approximate surface area is 182 Å². The number of morpholine rings is 1. The molecule has 1 saturated carbocycles. The van der Waals surface area contributed by atoms with Crippen molar-refractivity contribution in [2.24, 2.45) is 7.05 Å². The average molecular weight is 425 g/mol. The summed E-state index contributed by atoms with van der Waals surface area (Å²) in [7, 11) is 1.90. The largest absolute Gasteiger partial charge is 0.379 e. The van der Waals surface area contributed by atoms with Crippen LogP contribution >= 0.6 is 0 Å². The van der Waals surface area contributed by atoms with Gasteiger partial charge < -0.3 is 15.4 Å². The summed E-state index contributed by atoms with van der Waals surface area (Å²) in [5.74, 6) is 1.49. The molecule has 0 unspecified atom stereocenters. The van der Waals surface area contributed by atoms with E-state index in [1.165, 1.54) is 18.4 Å². The number of ether oxygens (including phenoxy) is 1. The quantitative estimate of drug-likeness (QED) is 0.629. The summed E-state index contributed by atoms with van der Waals surface area (Å²) >= 11 is 0. The van der Waals surface area contributed by atoms with Crippen LogP contribution in [0.5, 0.6) is 0 Å². The van der Waals surface area contributed by atoms with Gasteiger partial charge in [0, 0.05) is 44.6 Å². The predicted octanol–water partition coefficient (Wildman–Crippen LogP) is 2.82. The third-order valence-corrected chi connectivity index (χ3v) is 6.54. The monoisotopic (exact) mass is 424 g/mol.